The Morgan fingerprint density at radius 3 is 2.16 bits per heavy atom. The van der Waals surface area contributed by atoms with E-state index in [1.54, 1.807) is 0 Å². The number of nitrogens with two attached hydrogens (primary N) is 2. The van der Waals surface area contributed by atoms with E-state index < -0.39 is 5.66 Å². The van der Waals surface area contributed by atoms with Crippen LogP contribution in [-0.4, -0.2) is 22.6 Å². The molecule has 0 saturated heterocycles. The van der Waals surface area contributed by atoms with Gasteiger partial charge in [-0.15, -0.1) is 12.4 Å². The largest absolute Gasteiger partial charge is 0.368 e. The third kappa shape index (κ3) is 4.29. The molecule has 0 atom stereocenters. The monoisotopic (exact) mass is 359 g/mol. The number of benzene rings is 2. The van der Waals surface area contributed by atoms with Gasteiger partial charge in [-0.2, -0.15) is 10.1 Å². The molecule has 4 N–H and O–H groups in total. The minimum atomic E-state index is -0.695. The van der Waals surface area contributed by atoms with Gasteiger partial charge in [0.2, 0.25) is 11.9 Å². The van der Waals surface area contributed by atoms with Gasteiger partial charge in [0.05, 0.1) is 0 Å². The van der Waals surface area contributed by atoms with Crippen LogP contribution in [0.2, 0.25) is 0 Å². The van der Waals surface area contributed by atoms with Crippen LogP contribution in [0.1, 0.15) is 19.4 Å². The minimum absolute atomic E-state index is 0. The quantitative estimate of drug-likeness (QED) is 0.878. The number of nitrogens with zero attached hydrogens (tertiary/aromatic N) is 3. The van der Waals surface area contributed by atoms with Crippen LogP contribution in [-0.2, 0) is 11.4 Å². The highest BCUT2D eigenvalue weighted by Gasteiger charge is 2.33. The molecule has 6 nitrogen and oxygen atoms in total. The molecular weight excluding hydrogens is 338 g/mol. The van der Waals surface area contributed by atoms with Crippen LogP contribution < -0.4 is 11.5 Å². The maximum absolute atomic E-state index is 5.90. The van der Waals surface area contributed by atoms with Crippen LogP contribution in [0.3, 0.4) is 0 Å². The molecule has 1 aliphatic rings. The second-order valence-electron chi connectivity index (χ2n) is 6.07. The van der Waals surface area contributed by atoms with Gasteiger partial charge in [0, 0.05) is 0 Å². The molecule has 0 fully saturated rings. The zero-order valence-corrected chi connectivity index (χ0v) is 15.0. The highest BCUT2D eigenvalue weighted by atomic mass is 35.5. The van der Waals surface area contributed by atoms with Gasteiger partial charge in [-0.3, -0.25) is 4.84 Å². The Balaban J connectivity index is 0.00000225. The molecule has 0 aromatic heterocycles. The SMILES string of the molecule is CC1(C)N=C(N)N=C(N)N1OCc1ccc(-c2ccccc2)cc1.Cl. The molecule has 25 heavy (non-hydrogen) atoms. The fraction of sp³-hybridized carbons (Fsp3) is 0.222. The van der Waals surface area contributed by atoms with Crippen LogP contribution in [0.5, 0.6) is 0 Å². The van der Waals surface area contributed by atoms with E-state index in [0.29, 0.717) is 6.61 Å². The summed E-state index contributed by atoms with van der Waals surface area (Å²) in [5.41, 5.74) is 14.2. The number of rotatable bonds is 4. The van der Waals surface area contributed by atoms with E-state index in [1.165, 1.54) is 10.6 Å². The van der Waals surface area contributed by atoms with Crippen molar-refractivity contribution >= 4 is 24.3 Å². The Hall–Kier alpha value is -2.57. The van der Waals surface area contributed by atoms with Crippen molar-refractivity contribution in [3.8, 4) is 11.1 Å². The molecule has 0 saturated carbocycles. The maximum Gasteiger partial charge on any atom is 0.226 e. The first-order valence-electron chi connectivity index (χ1n) is 7.73. The molecule has 1 aliphatic heterocycles. The van der Waals surface area contributed by atoms with E-state index in [-0.39, 0.29) is 24.3 Å². The van der Waals surface area contributed by atoms with Gasteiger partial charge in [-0.25, -0.2) is 4.99 Å². The smallest absolute Gasteiger partial charge is 0.226 e. The van der Waals surface area contributed by atoms with Gasteiger partial charge in [0.25, 0.3) is 0 Å². The summed E-state index contributed by atoms with van der Waals surface area (Å²) in [6, 6.07) is 18.4. The number of aliphatic imine (C=N–C) groups is 2. The minimum Gasteiger partial charge on any atom is -0.368 e. The number of guanidine groups is 2. The van der Waals surface area contributed by atoms with Crippen molar-refractivity contribution in [2.75, 3.05) is 0 Å². The topological polar surface area (TPSA) is 89.2 Å². The van der Waals surface area contributed by atoms with Crippen molar-refractivity contribution in [1.82, 2.24) is 5.06 Å². The summed E-state index contributed by atoms with van der Waals surface area (Å²) in [5, 5.41) is 1.48. The predicted molar refractivity (Wildman–Crippen MR) is 103 cm³/mol. The highest BCUT2D eigenvalue weighted by Crippen LogP contribution is 2.22. The lowest BCUT2D eigenvalue weighted by molar-refractivity contribution is -0.166. The molecule has 7 heteroatoms. The lowest BCUT2D eigenvalue weighted by atomic mass is 10.0. The van der Waals surface area contributed by atoms with Gasteiger partial charge in [0.15, 0.2) is 5.66 Å². The van der Waals surface area contributed by atoms with Crippen LogP contribution in [0.25, 0.3) is 11.1 Å². The highest BCUT2D eigenvalue weighted by molar-refractivity contribution is 5.95. The van der Waals surface area contributed by atoms with Gasteiger partial charge in [-0.05, 0) is 30.5 Å². The standard InChI is InChI=1S/C18H21N5O.ClH/c1-18(2)22-16(19)21-17(20)23(18)24-12-13-8-10-15(11-9-13)14-6-4-3-5-7-14;/h3-11H,12H2,1-2H3,(H4,19,20,21,22);1H. The van der Waals surface area contributed by atoms with Gasteiger partial charge in [0.1, 0.15) is 6.61 Å². The van der Waals surface area contributed by atoms with E-state index in [2.05, 4.69) is 34.3 Å². The Labute approximate surface area is 153 Å². The maximum atomic E-state index is 5.90. The zero-order chi connectivity index (χ0) is 17.2. The molecule has 0 aliphatic carbocycles. The fourth-order valence-corrected chi connectivity index (χ4v) is 2.58. The van der Waals surface area contributed by atoms with Crippen molar-refractivity contribution in [3.05, 3.63) is 60.2 Å². The summed E-state index contributed by atoms with van der Waals surface area (Å²) in [4.78, 5) is 14.0. The number of halogens is 1. The van der Waals surface area contributed by atoms with Crippen molar-refractivity contribution in [2.24, 2.45) is 21.5 Å². The molecule has 2 aromatic rings. The van der Waals surface area contributed by atoms with Crippen LogP contribution >= 0.6 is 12.4 Å². The summed E-state index contributed by atoms with van der Waals surface area (Å²) in [7, 11) is 0. The number of hydrogen-bond donors (Lipinski definition) is 2. The molecule has 0 spiro atoms. The van der Waals surface area contributed by atoms with Crippen LogP contribution in [0, 0.1) is 0 Å². The Morgan fingerprint density at radius 1 is 0.960 bits per heavy atom. The van der Waals surface area contributed by atoms with E-state index in [1.807, 2.05) is 44.2 Å². The first-order chi connectivity index (χ1) is 11.5. The van der Waals surface area contributed by atoms with Crippen molar-refractivity contribution in [1.29, 1.82) is 0 Å². The second kappa shape index (κ2) is 7.55. The Bertz CT molecular complexity index is 772. The summed E-state index contributed by atoms with van der Waals surface area (Å²) < 4.78 is 0. The molecule has 3 rings (SSSR count). The van der Waals surface area contributed by atoms with Crippen LogP contribution in [0.4, 0.5) is 0 Å². The summed E-state index contributed by atoms with van der Waals surface area (Å²) >= 11 is 0. The first kappa shape index (κ1) is 18.8. The predicted octanol–water partition coefficient (Wildman–Crippen LogP) is 2.89. The molecule has 1 heterocycles. The first-order valence-corrected chi connectivity index (χ1v) is 7.73. The third-order valence-corrected chi connectivity index (χ3v) is 3.74. The summed E-state index contributed by atoms with van der Waals surface area (Å²) in [6.07, 6.45) is 0. The average Bonchev–Trinajstić information content (AvgIpc) is 2.54. The van der Waals surface area contributed by atoms with E-state index in [9.17, 15) is 0 Å². The van der Waals surface area contributed by atoms with Crippen molar-refractivity contribution in [3.63, 3.8) is 0 Å². The molecular formula is C18H22ClN5O. The molecule has 2 aromatic carbocycles. The lowest BCUT2D eigenvalue weighted by Crippen LogP contribution is -2.53. The van der Waals surface area contributed by atoms with E-state index in [0.717, 1.165) is 11.1 Å². The summed E-state index contributed by atoms with van der Waals surface area (Å²) in [6.45, 7) is 4.09. The average molecular weight is 360 g/mol. The summed E-state index contributed by atoms with van der Waals surface area (Å²) in [5.74, 6) is 0.359. The zero-order valence-electron chi connectivity index (χ0n) is 14.2. The molecule has 0 radical (unpaired) electrons. The molecule has 0 bridgehead atoms. The van der Waals surface area contributed by atoms with Crippen LogP contribution in [0.15, 0.2) is 64.6 Å². The second-order valence-corrected chi connectivity index (χ2v) is 6.07. The van der Waals surface area contributed by atoms with Gasteiger partial charge < -0.3 is 11.5 Å². The van der Waals surface area contributed by atoms with E-state index in [4.69, 9.17) is 16.3 Å². The molecule has 132 valence electrons. The van der Waals surface area contributed by atoms with Gasteiger partial charge >= 0.3 is 0 Å². The van der Waals surface area contributed by atoms with Gasteiger partial charge in [-0.1, -0.05) is 54.6 Å². The van der Waals surface area contributed by atoms with Crippen molar-refractivity contribution in [2.45, 2.75) is 26.1 Å². The molecule has 0 amide bonds. The van der Waals surface area contributed by atoms with E-state index >= 15 is 0 Å². The third-order valence-electron chi connectivity index (χ3n) is 3.74. The fourth-order valence-electron chi connectivity index (χ4n) is 2.58. The number of hydrogen-bond acceptors (Lipinski definition) is 6. The molecule has 0 unspecified atom stereocenters. The lowest BCUT2D eigenvalue weighted by Gasteiger charge is -2.36. The normalized spacial score (nSPS) is 15.8. The Kier molecular flexibility index (Phi) is 5.66. The number of hydroxylamine groups is 2. The van der Waals surface area contributed by atoms with Crippen molar-refractivity contribution < 1.29 is 4.84 Å². The Morgan fingerprint density at radius 2 is 1.56 bits per heavy atom.